The third-order valence-electron chi connectivity index (χ3n) is 19.2. The second-order valence-corrected chi connectivity index (χ2v) is 32.2. The van der Waals surface area contributed by atoms with Crippen LogP contribution >= 0.6 is 46.2 Å². The van der Waals surface area contributed by atoms with Gasteiger partial charge in [0.05, 0.1) is 23.5 Å². The molecular weight excluding hydrogens is 1020 g/mol. The fourth-order valence-electron chi connectivity index (χ4n) is 15.3. The molecule has 4 atom stereocenters. The standard InChI is InChI=1S/C70H62B2N2S4/c1-67(2,3)35-21-23-51-41(25-35)45-27-37(69(7,8)9)29-49-61(45)73(51)63-59-66(78-57-33-55-43(31-47(57)71(49)59)39-17-13-15-19-53(39)75-55)64-60-65(63)77-58-34-56-44(40-18-14-16-20-54(40)76-56)32-48(58)72(60)50-30-38(70(10,11)12)28-46-42-26-36(68(4,5)6)22-24-52(42)74(64)62(46)50/h13-34,41,46,51,62H,1-12H3. The van der Waals surface area contributed by atoms with Crippen LogP contribution in [0.5, 0.6) is 0 Å². The Labute approximate surface area is 476 Å². The van der Waals surface area contributed by atoms with Crippen LogP contribution in [-0.2, 0) is 10.8 Å². The third kappa shape index (κ3) is 6.16. The summed E-state index contributed by atoms with van der Waals surface area (Å²) in [6.07, 6.45) is 13.2. The second-order valence-electron chi connectivity index (χ2n) is 28.0. The Morgan fingerprint density at radius 1 is 0.462 bits per heavy atom. The number of nitrogens with zero attached hydrogens (tertiary/aromatic N) is 2. The molecule has 9 aromatic rings. The Morgan fingerprint density at radius 3 is 1.64 bits per heavy atom. The number of anilines is 4. The zero-order valence-electron chi connectivity index (χ0n) is 46.7. The highest BCUT2D eigenvalue weighted by Gasteiger charge is 2.59. The molecule has 0 bridgehead atoms. The van der Waals surface area contributed by atoms with E-state index in [0.717, 1.165) is 0 Å². The number of thiophene rings is 2. The molecule has 382 valence electrons. The van der Waals surface area contributed by atoms with Crippen molar-refractivity contribution in [2.45, 2.75) is 137 Å². The molecule has 0 fully saturated rings. The van der Waals surface area contributed by atoms with Gasteiger partial charge in [-0.3, -0.25) is 0 Å². The maximum Gasteiger partial charge on any atom is 0.249 e. The van der Waals surface area contributed by atoms with E-state index in [1.165, 1.54) is 143 Å². The van der Waals surface area contributed by atoms with Crippen LogP contribution in [0.15, 0.2) is 170 Å². The van der Waals surface area contributed by atoms with E-state index in [4.69, 9.17) is 0 Å². The van der Waals surface area contributed by atoms with Gasteiger partial charge in [0.15, 0.2) is 0 Å². The fraction of sp³-hybridized carbons (Fsp3) is 0.286. The van der Waals surface area contributed by atoms with Crippen molar-refractivity contribution < 1.29 is 0 Å². The minimum absolute atomic E-state index is 0.0146. The summed E-state index contributed by atoms with van der Waals surface area (Å²) >= 11 is 8.12. The first-order valence-electron chi connectivity index (χ1n) is 28.4. The van der Waals surface area contributed by atoms with Crippen molar-refractivity contribution >= 4 is 150 Å². The number of rotatable bonds is 0. The van der Waals surface area contributed by atoms with Gasteiger partial charge in [-0.2, -0.15) is 0 Å². The number of fused-ring (bicyclic) bond motifs is 22. The number of benzene rings is 7. The van der Waals surface area contributed by atoms with Crippen LogP contribution in [-0.4, -0.2) is 25.5 Å². The molecule has 7 aromatic carbocycles. The summed E-state index contributed by atoms with van der Waals surface area (Å²) in [4.78, 5) is 11.6. The zero-order chi connectivity index (χ0) is 53.2. The van der Waals surface area contributed by atoms with E-state index in [-0.39, 0.29) is 59.0 Å². The van der Waals surface area contributed by atoms with Crippen molar-refractivity contribution in [3.05, 3.63) is 172 Å². The average molecular weight is 1080 g/mol. The van der Waals surface area contributed by atoms with E-state index >= 15 is 0 Å². The summed E-state index contributed by atoms with van der Waals surface area (Å²) in [6, 6.07) is 42.1. The first-order chi connectivity index (χ1) is 37.2. The monoisotopic (exact) mass is 1080 g/mol. The first kappa shape index (κ1) is 47.2. The third-order valence-corrected chi connectivity index (χ3v) is 23.9. The summed E-state index contributed by atoms with van der Waals surface area (Å²) in [5.74, 6) is 0.431. The summed E-state index contributed by atoms with van der Waals surface area (Å²) < 4.78 is 5.50. The highest BCUT2D eigenvalue weighted by atomic mass is 32.2. The minimum atomic E-state index is -0.0473. The highest BCUT2D eigenvalue weighted by molar-refractivity contribution is 8.01. The van der Waals surface area contributed by atoms with Gasteiger partial charge in [-0.05, 0) is 113 Å². The topological polar surface area (TPSA) is 6.48 Å². The first-order valence-corrected chi connectivity index (χ1v) is 31.7. The quantitative estimate of drug-likeness (QED) is 0.140. The van der Waals surface area contributed by atoms with E-state index < -0.39 is 0 Å². The van der Waals surface area contributed by atoms with Gasteiger partial charge in [-0.15, -0.1) is 22.7 Å². The van der Waals surface area contributed by atoms with Crippen LogP contribution in [0, 0.1) is 10.8 Å². The van der Waals surface area contributed by atoms with Crippen molar-refractivity contribution in [2.24, 2.45) is 10.8 Å². The molecule has 0 spiro atoms. The molecule has 78 heavy (non-hydrogen) atoms. The molecule has 0 amide bonds. The van der Waals surface area contributed by atoms with Crippen molar-refractivity contribution in [2.75, 3.05) is 9.80 Å². The highest BCUT2D eigenvalue weighted by Crippen LogP contribution is 2.62. The lowest BCUT2D eigenvalue weighted by atomic mass is 9.30. The Bertz CT molecular complexity index is 4440. The molecule has 2 aromatic heterocycles. The molecule has 0 radical (unpaired) electrons. The van der Waals surface area contributed by atoms with Crippen molar-refractivity contribution in [3.63, 3.8) is 0 Å². The molecule has 0 saturated heterocycles. The molecular formula is C70H62B2N2S4. The van der Waals surface area contributed by atoms with E-state index in [1.54, 1.807) is 5.47 Å². The average Bonchev–Trinajstić information content (AvgIpc) is 1.79. The summed E-state index contributed by atoms with van der Waals surface area (Å²) in [6.45, 7) is 29.1. The molecule has 8 aliphatic rings. The minimum Gasteiger partial charge on any atom is -0.333 e. The van der Waals surface area contributed by atoms with Gasteiger partial charge < -0.3 is 9.80 Å². The van der Waals surface area contributed by atoms with E-state index in [1.807, 2.05) is 22.7 Å². The normalized spacial score (nSPS) is 21.1. The molecule has 8 heteroatoms. The number of allylic oxidation sites excluding steroid dienone is 4. The van der Waals surface area contributed by atoms with E-state index in [0.29, 0.717) is 0 Å². The maximum atomic E-state index is 2.93. The van der Waals surface area contributed by atoms with E-state index in [2.05, 4.69) is 250 Å². The fourth-order valence-corrected chi connectivity index (χ4v) is 20.3. The SMILES string of the molecule is CC(C)(C)C1=CC2c3cc(C(C)(C)C)cc4c3N(c3c5c6c(c7c3B4c3cc4c(cc3S7)sc3ccccc34)N3c4ccc(C(C)(C)C)cc4C4C=C(C(C)(C)C)C=C(B6c6cc7c(cc6S5)sc5ccccc57)C43)C2C=C1. The summed E-state index contributed by atoms with van der Waals surface area (Å²) in [5, 5.41) is 5.53. The maximum absolute atomic E-state index is 2.93. The number of hydrogen-bond donors (Lipinski definition) is 0. The van der Waals surface area contributed by atoms with Gasteiger partial charge in [0.25, 0.3) is 0 Å². The van der Waals surface area contributed by atoms with Gasteiger partial charge in [-0.25, -0.2) is 0 Å². The smallest absolute Gasteiger partial charge is 0.249 e. The second kappa shape index (κ2) is 15.2. The molecule has 0 N–H and O–H groups in total. The number of hydrogen-bond acceptors (Lipinski definition) is 6. The van der Waals surface area contributed by atoms with Crippen LogP contribution in [0.25, 0.3) is 40.3 Å². The molecule has 4 unspecified atom stereocenters. The summed E-state index contributed by atoms with van der Waals surface area (Å²) in [7, 11) is 0. The predicted molar refractivity (Wildman–Crippen MR) is 343 cm³/mol. The van der Waals surface area contributed by atoms with Gasteiger partial charge in [0, 0.05) is 72.4 Å². The van der Waals surface area contributed by atoms with Crippen LogP contribution < -0.4 is 37.1 Å². The Kier molecular flexibility index (Phi) is 9.21. The lowest BCUT2D eigenvalue weighted by molar-refractivity contribution is 0.505. The summed E-state index contributed by atoms with van der Waals surface area (Å²) in [5.41, 5.74) is 23.5. The Balaban J connectivity index is 1.05. The molecule has 8 heterocycles. The van der Waals surface area contributed by atoms with Gasteiger partial charge in [-0.1, -0.05) is 226 Å². The molecule has 2 nitrogen and oxygen atoms in total. The van der Waals surface area contributed by atoms with Crippen LogP contribution in [0.4, 0.5) is 22.7 Å². The predicted octanol–water partition coefficient (Wildman–Crippen LogP) is 16.6. The van der Waals surface area contributed by atoms with Crippen LogP contribution in [0.2, 0.25) is 0 Å². The Hall–Kier alpha value is -5.63. The largest absolute Gasteiger partial charge is 0.333 e. The zero-order valence-corrected chi connectivity index (χ0v) is 50.0. The lowest BCUT2D eigenvalue weighted by Gasteiger charge is -2.50. The molecule has 0 saturated carbocycles. The van der Waals surface area contributed by atoms with Crippen molar-refractivity contribution in [1.82, 2.24) is 0 Å². The van der Waals surface area contributed by atoms with Crippen LogP contribution in [0.1, 0.15) is 117 Å². The van der Waals surface area contributed by atoms with Gasteiger partial charge in [0.1, 0.15) is 0 Å². The molecule has 6 aliphatic heterocycles. The van der Waals surface area contributed by atoms with Crippen LogP contribution in [0.3, 0.4) is 0 Å². The molecule has 2 aliphatic carbocycles. The van der Waals surface area contributed by atoms with Gasteiger partial charge >= 0.3 is 0 Å². The van der Waals surface area contributed by atoms with Crippen molar-refractivity contribution in [1.29, 1.82) is 0 Å². The van der Waals surface area contributed by atoms with Gasteiger partial charge in [0.2, 0.25) is 13.4 Å². The molecule has 17 rings (SSSR count). The lowest BCUT2D eigenvalue weighted by Crippen LogP contribution is -2.65. The Morgan fingerprint density at radius 2 is 1.03 bits per heavy atom. The van der Waals surface area contributed by atoms with E-state index in [9.17, 15) is 0 Å². The van der Waals surface area contributed by atoms with Crippen molar-refractivity contribution in [3.8, 4) is 0 Å².